The maximum absolute atomic E-state index is 6.29. The highest BCUT2D eigenvalue weighted by Gasteiger charge is 2.27. The normalized spacial score (nSPS) is 17.3. The number of aromatic nitrogens is 1. The molecular weight excluding hydrogens is 262 g/mol. The van der Waals surface area contributed by atoms with Gasteiger partial charge in [-0.3, -0.25) is 4.98 Å². The molecule has 21 heavy (non-hydrogen) atoms. The van der Waals surface area contributed by atoms with E-state index in [1.165, 1.54) is 5.56 Å². The van der Waals surface area contributed by atoms with Gasteiger partial charge >= 0.3 is 0 Å². The van der Waals surface area contributed by atoms with E-state index in [1.807, 2.05) is 48.8 Å². The molecule has 3 rings (SSSR count). The summed E-state index contributed by atoms with van der Waals surface area (Å²) in [6.07, 6.45) is 5.89. The molecule has 2 heterocycles. The fourth-order valence-electron chi connectivity index (χ4n) is 2.86. The number of ether oxygens (including phenoxy) is 1. The van der Waals surface area contributed by atoms with Crippen LogP contribution in [0, 0.1) is 5.92 Å². The topological polar surface area (TPSA) is 60.2 Å². The molecule has 0 bridgehead atoms. The monoisotopic (exact) mass is 283 g/mol. The van der Waals surface area contributed by atoms with E-state index in [-0.39, 0.29) is 6.10 Å². The minimum absolute atomic E-state index is 0.0276. The van der Waals surface area contributed by atoms with Crippen LogP contribution >= 0.6 is 0 Å². The smallest absolute Gasteiger partial charge is 0.143 e. The Morgan fingerprint density at radius 3 is 2.52 bits per heavy atom. The van der Waals surface area contributed by atoms with Gasteiger partial charge in [-0.1, -0.05) is 12.1 Å². The molecule has 1 aromatic carbocycles. The predicted molar refractivity (Wildman–Crippen MR) is 84.1 cm³/mol. The van der Waals surface area contributed by atoms with Gasteiger partial charge in [0, 0.05) is 18.3 Å². The van der Waals surface area contributed by atoms with E-state index >= 15 is 0 Å². The Labute approximate surface area is 125 Å². The van der Waals surface area contributed by atoms with Gasteiger partial charge in [0.1, 0.15) is 11.9 Å². The lowest BCUT2D eigenvalue weighted by molar-refractivity contribution is 0.113. The number of anilines is 1. The third-order valence-electron chi connectivity index (χ3n) is 4.02. The number of nitrogens with one attached hydrogen (secondary N) is 1. The maximum atomic E-state index is 6.29. The van der Waals surface area contributed by atoms with Crippen LogP contribution in [0.15, 0.2) is 48.8 Å². The number of rotatable bonds is 4. The molecule has 1 aliphatic rings. The Hall–Kier alpha value is -2.07. The molecular formula is C17H21N3O. The number of hydrogen-bond donors (Lipinski definition) is 2. The van der Waals surface area contributed by atoms with Crippen molar-refractivity contribution in [3.05, 3.63) is 54.4 Å². The zero-order chi connectivity index (χ0) is 14.5. The Bertz CT molecular complexity index is 567. The summed E-state index contributed by atoms with van der Waals surface area (Å²) < 4.78 is 6.29. The Kier molecular flexibility index (Phi) is 4.36. The molecule has 1 aromatic heterocycles. The molecule has 4 nitrogen and oxygen atoms in total. The van der Waals surface area contributed by atoms with Crippen molar-refractivity contribution in [1.82, 2.24) is 10.3 Å². The van der Waals surface area contributed by atoms with Gasteiger partial charge in [-0.05, 0) is 55.8 Å². The summed E-state index contributed by atoms with van der Waals surface area (Å²) in [6, 6.07) is 11.8. The summed E-state index contributed by atoms with van der Waals surface area (Å²) >= 11 is 0. The standard InChI is InChI=1S/C17H21N3O/c18-15-3-1-2-4-16(15)21-17(13-5-9-19-10-6-13)14-7-11-20-12-8-14/h1-6,9-10,14,17,20H,7-8,11-12,18H2. The maximum Gasteiger partial charge on any atom is 0.143 e. The Balaban J connectivity index is 1.87. The molecule has 2 aromatic rings. The number of pyridine rings is 1. The molecule has 3 N–H and O–H groups in total. The molecule has 1 saturated heterocycles. The summed E-state index contributed by atoms with van der Waals surface area (Å²) in [5, 5.41) is 3.40. The number of nitrogen functional groups attached to an aromatic ring is 1. The zero-order valence-corrected chi connectivity index (χ0v) is 12.0. The van der Waals surface area contributed by atoms with Crippen molar-refractivity contribution in [2.24, 2.45) is 5.92 Å². The van der Waals surface area contributed by atoms with Crippen LogP contribution in [0.5, 0.6) is 5.75 Å². The molecule has 1 atom stereocenters. The van der Waals surface area contributed by atoms with E-state index in [2.05, 4.69) is 10.3 Å². The van der Waals surface area contributed by atoms with Gasteiger partial charge in [0.25, 0.3) is 0 Å². The molecule has 0 saturated carbocycles. The number of hydrogen-bond acceptors (Lipinski definition) is 4. The minimum Gasteiger partial charge on any atom is -0.483 e. The number of nitrogens with two attached hydrogens (primary N) is 1. The van der Waals surface area contributed by atoms with Crippen molar-refractivity contribution in [3.63, 3.8) is 0 Å². The summed E-state index contributed by atoms with van der Waals surface area (Å²) in [7, 11) is 0. The molecule has 1 unspecified atom stereocenters. The summed E-state index contributed by atoms with van der Waals surface area (Å²) in [4.78, 5) is 4.10. The van der Waals surface area contributed by atoms with Crippen LogP contribution < -0.4 is 15.8 Å². The zero-order valence-electron chi connectivity index (χ0n) is 12.0. The number of benzene rings is 1. The fourth-order valence-corrected chi connectivity index (χ4v) is 2.86. The Morgan fingerprint density at radius 2 is 1.81 bits per heavy atom. The third-order valence-corrected chi connectivity index (χ3v) is 4.02. The number of piperidine rings is 1. The minimum atomic E-state index is 0.0276. The van der Waals surface area contributed by atoms with Gasteiger partial charge in [0.2, 0.25) is 0 Å². The Morgan fingerprint density at radius 1 is 1.10 bits per heavy atom. The average Bonchev–Trinajstić information content (AvgIpc) is 2.56. The SMILES string of the molecule is Nc1ccccc1OC(c1ccncc1)C1CCNCC1. The first kappa shape index (κ1) is 13.9. The first-order chi connectivity index (χ1) is 10.3. The van der Waals surface area contributed by atoms with Crippen LogP contribution in [-0.2, 0) is 0 Å². The van der Waals surface area contributed by atoms with Crippen molar-refractivity contribution < 1.29 is 4.74 Å². The molecule has 0 amide bonds. The molecule has 0 radical (unpaired) electrons. The van der Waals surface area contributed by atoms with Crippen molar-refractivity contribution >= 4 is 5.69 Å². The summed E-state index contributed by atoms with van der Waals surface area (Å²) in [5.74, 6) is 1.26. The van der Waals surface area contributed by atoms with Crippen LogP contribution in [0.1, 0.15) is 24.5 Å². The second kappa shape index (κ2) is 6.59. The summed E-state index contributed by atoms with van der Waals surface area (Å²) in [5.41, 5.74) is 7.88. The van der Waals surface area contributed by atoms with Crippen molar-refractivity contribution in [2.75, 3.05) is 18.8 Å². The van der Waals surface area contributed by atoms with Crippen molar-refractivity contribution in [3.8, 4) is 5.75 Å². The van der Waals surface area contributed by atoms with Crippen molar-refractivity contribution in [1.29, 1.82) is 0 Å². The fraction of sp³-hybridized carbons (Fsp3) is 0.353. The van der Waals surface area contributed by atoms with Gasteiger partial charge in [0.15, 0.2) is 0 Å². The van der Waals surface area contributed by atoms with E-state index in [4.69, 9.17) is 10.5 Å². The third kappa shape index (κ3) is 3.34. The molecule has 0 spiro atoms. The lowest BCUT2D eigenvalue weighted by atomic mass is 9.88. The van der Waals surface area contributed by atoms with Gasteiger partial charge in [0.05, 0.1) is 5.69 Å². The van der Waals surface area contributed by atoms with E-state index in [0.717, 1.165) is 31.7 Å². The molecule has 4 heteroatoms. The van der Waals surface area contributed by atoms with Crippen LogP contribution in [0.3, 0.4) is 0 Å². The van der Waals surface area contributed by atoms with E-state index in [9.17, 15) is 0 Å². The van der Waals surface area contributed by atoms with E-state index in [1.54, 1.807) is 0 Å². The molecule has 0 aliphatic carbocycles. The van der Waals surface area contributed by atoms with Crippen LogP contribution in [0.4, 0.5) is 5.69 Å². The van der Waals surface area contributed by atoms with Crippen molar-refractivity contribution in [2.45, 2.75) is 18.9 Å². The summed E-state index contributed by atoms with van der Waals surface area (Å²) in [6.45, 7) is 2.08. The van der Waals surface area contributed by atoms with Gasteiger partial charge in [-0.2, -0.15) is 0 Å². The highest BCUT2D eigenvalue weighted by Crippen LogP contribution is 2.35. The highest BCUT2D eigenvalue weighted by molar-refractivity contribution is 5.52. The molecule has 1 fully saturated rings. The van der Waals surface area contributed by atoms with E-state index < -0.39 is 0 Å². The number of nitrogens with zero attached hydrogens (tertiary/aromatic N) is 1. The average molecular weight is 283 g/mol. The van der Waals surface area contributed by atoms with Crippen LogP contribution in [0.25, 0.3) is 0 Å². The van der Waals surface area contributed by atoms with Crippen LogP contribution in [-0.4, -0.2) is 18.1 Å². The first-order valence-electron chi connectivity index (χ1n) is 7.46. The predicted octanol–water partition coefficient (Wildman–Crippen LogP) is 2.78. The van der Waals surface area contributed by atoms with E-state index in [0.29, 0.717) is 11.6 Å². The number of para-hydroxylation sites is 2. The van der Waals surface area contributed by atoms with Gasteiger partial charge < -0.3 is 15.8 Å². The second-order valence-electron chi connectivity index (χ2n) is 5.44. The lowest BCUT2D eigenvalue weighted by Crippen LogP contribution is -2.32. The second-order valence-corrected chi connectivity index (χ2v) is 5.44. The quantitative estimate of drug-likeness (QED) is 0.847. The van der Waals surface area contributed by atoms with Gasteiger partial charge in [-0.25, -0.2) is 0 Å². The first-order valence-corrected chi connectivity index (χ1v) is 7.46. The molecule has 1 aliphatic heterocycles. The largest absolute Gasteiger partial charge is 0.483 e. The lowest BCUT2D eigenvalue weighted by Gasteiger charge is -2.31. The van der Waals surface area contributed by atoms with Crippen LogP contribution in [0.2, 0.25) is 0 Å². The molecule has 110 valence electrons. The highest BCUT2D eigenvalue weighted by atomic mass is 16.5. The van der Waals surface area contributed by atoms with Gasteiger partial charge in [-0.15, -0.1) is 0 Å².